The molecule has 2 aliphatic heterocycles. The van der Waals surface area contributed by atoms with Crippen molar-refractivity contribution in [2.24, 2.45) is 5.92 Å². The van der Waals surface area contributed by atoms with Gasteiger partial charge in [0, 0.05) is 31.2 Å². The van der Waals surface area contributed by atoms with Crippen LogP contribution in [0, 0.1) is 17.2 Å². The van der Waals surface area contributed by atoms with E-state index < -0.39 is 9.84 Å². The Morgan fingerprint density at radius 3 is 2.58 bits per heavy atom. The minimum absolute atomic E-state index is 0.0375. The Morgan fingerprint density at radius 1 is 1.29 bits per heavy atom. The van der Waals surface area contributed by atoms with Crippen LogP contribution in [0.15, 0.2) is 18.3 Å². The van der Waals surface area contributed by atoms with Gasteiger partial charge in [0.2, 0.25) is 5.91 Å². The van der Waals surface area contributed by atoms with Crippen LogP contribution in [0.25, 0.3) is 0 Å². The number of carbonyl (C=O) groups is 1. The van der Waals surface area contributed by atoms with Crippen molar-refractivity contribution in [3.63, 3.8) is 0 Å². The Bertz CT molecular complexity index is 747. The number of aromatic nitrogens is 1. The number of piperidine rings is 1. The first-order chi connectivity index (χ1) is 11.5. The Morgan fingerprint density at radius 2 is 2.04 bits per heavy atom. The average molecular weight is 348 g/mol. The number of amides is 1. The van der Waals surface area contributed by atoms with Crippen LogP contribution in [0.3, 0.4) is 0 Å². The number of carbonyl (C=O) groups excluding carboxylic acids is 1. The number of nitrogens with one attached hydrogen (secondary N) is 1. The molecule has 0 unspecified atom stereocenters. The molecular formula is C16H20N4O3S. The molecule has 1 N–H and O–H groups in total. The van der Waals surface area contributed by atoms with Crippen molar-refractivity contribution in [1.29, 1.82) is 5.26 Å². The van der Waals surface area contributed by atoms with Gasteiger partial charge in [-0.25, -0.2) is 13.4 Å². The van der Waals surface area contributed by atoms with Crippen molar-refractivity contribution in [2.75, 3.05) is 29.5 Å². The van der Waals surface area contributed by atoms with Crippen LogP contribution in [-0.4, -0.2) is 49.9 Å². The van der Waals surface area contributed by atoms with Crippen LogP contribution in [0.2, 0.25) is 0 Å². The zero-order valence-electron chi connectivity index (χ0n) is 13.3. The molecule has 1 atom stereocenters. The summed E-state index contributed by atoms with van der Waals surface area (Å²) in [5.41, 5.74) is 0.527. The monoisotopic (exact) mass is 348 g/mol. The standard InChI is InChI=1S/C16H20N4O3S/c17-9-12-1-2-15(18-10-12)20-6-3-13(4-7-20)16(21)19-14-5-8-24(22,23)11-14/h1-2,10,13-14H,3-8,11H2,(H,19,21)/t14-/m1/s1. The summed E-state index contributed by atoms with van der Waals surface area (Å²) in [5, 5.41) is 11.7. The number of pyridine rings is 1. The summed E-state index contributed by atoms with van der Waals surface area (Å²) in [6, 6.07) is 5.37. The van der Waals surface area contributed by atoms with Gasteiger partial charge < -0.3 is 10.2 Å². The molecule has 2 fully saturated rings. The molecule has 1 aromatic rings. The Hall–Kier alpha value is -2.14. The Labute approximate surface area is 141 Å². The second-order valence-corrected chi connectivity index (χ2v) is 8.62. The predicted octanol–water partition coefficient (Wildman–Crippen LogP) is 0.473. The fourth-order valence-corrected chi connectivity index (χ4v) is 4.91. The van der Waals surface area contributed by atoms with E-state index in [1.165, 1.54) is 0 Å². The van der Waals surface area contributed by atoms with E-state index in [9.17, 15) is 13.2 Å². The molecular weight excluding hydrogens is 328 g/mol. The largest absolute Gasteiger partial charge is 0.357 e. The van der Waals surface area contributed by atoms with Crippen LogP contribution >= 0.6 is 0 Å². The molecule has 0 radical (unpaired) electrons. The van der Waals surface area contributed by atoms with E-state index in [1.54, 1.807) is 12.3 Å². The van der Waals surface area contributed by atoms with Crippen LogP contribution in [0.1, 0.15) is 24.8 Å². The number of hydrogen-bond donors (Lipinski definition) is 1. The van der Waals surface area contributed by atoms with E-state index in [4.69, 9.17) is 5.26 Å². The highest BCUT2D eigenvalue weighted by Crippen LogP contribution is 2.23. The number of nitriles is 1. The first-order valence-electron chi connectivity index (χ1n) is 8.09. The Balaban J connectivity index is 1.51. The van der Waals surface area contributed by atoms with Gasteiger partial charge in [0.15, 0.2) is 9.84 Å². The van der Waals surface area contributed by atoms with E-state index >= 15 is 0 Å². The van der Waals surface area contributed by atoms with Crippen LogP contribution < -0.4 is 10.2 Å². The van der Waals surface area contributed by atoms with Gasteiger partial charge in [0.05, 0.1) is 17.1 Å². The molecule has 0 aliphatic carbocycles. The van der Waals surface area contributed by atoms with Gasteiger partial charge in [-0.3, -0.25) is 4.79 Å². The molecule has 0 spiro atoms. The van der Waals surface area contributed by atoms with Crippen molar-refractivity contribution >= 4 is 21.6 Å². The lowest BCUT2D eigenvalue weighted by Gasteiger charge is -2.32. The Kier molecular flexibility index (Phi) is 4.71. The van der Waals surface area contributed by atoms with Gasteiger partial charge in [-0.05, 0) is 31.4 Å². The minimum Gasteiger partial charge on any atom is -0.357 e. The summed E-state index contributed by atoms with van der Waals surface area (Å²) in [6.07, 6.45) is 3.50. The highest BCUT2D eigenvalue weighted by molar-refractivity contribution is 7.91. The van der Waals surface area contributed by atoms with Gasteiger partial charge in [-0.2, -0.15) is 5.26 Å². The summed E-state index contributed by atoms with van der Waals surface area (Å²) in [5.74, 6) is 0.926. The van der Waals surface area contributed by atoms with E-state index in [1.807, 2.05) is 12.1 Å². The number of hydrogen-bond acceptors (Lipinski definition) is 6. The maximum atomic E-state index is 12.3. The number of sulfone groups is 1. The quantitative estimate of drug-likeness (QED) is 0.852. The minimum atomic E-state index is -2.98. The number of nitrogens with zero attached hydrogens (tertiary/aromatic N) is 3. The van der Waals surface area contributed by atoms with Crippen molar-refractivity contribution in [3.8, 4) is 6.07 Å². The molecule has 0 bridgehead atoms. The zero-order valence-corrected chi connectivity index (χ0v) is 14.1. The lowest BCUT2D eigenvalue weighted by Crippen LogP contribution is -2.44. The second-order valence-electron chi connectivity index (χ2n) is 6.39. The van der Waals surface area contributed by atoms with Crippen molar-refractivity contribution < 1.29 is 13.2 Å². The molecule has 8 heteroatoms. The first-order valence-corrected chi connectivity index (χ1v) is 9.91. The van der Waals surface area contributed by atoms with Crippen LogP contribution in [-0.2, 0) is 14.6 Å². The molecule has 3 heterocycles. The van der Waals surface area contributed by atoms with E-state index in [0.29, 0.717) is 24.8 Å². The number of anilines is 1. The highest BCUT2D eigenvalue weighted by Gasteiger charge is 2.32. The third kappa shape index (κ3) is 3.85. The smallest absolute Gasteiger partial charge is 0.223 e. The fraction of sp³-hybridized carbons (Fsp3) is 0.562. The normalized spacial score (nSPS) is 23.6. The van der Waals surface area contributed by atoms with Gasteiger partial charge in [-0.1, -0.05) is 0 Å². The van der Waals surface area contributed by atoms with Gasteiger partial charge >= 0.3 is 0 Å². The van der Waals surface area contributed by atoms with E-state index in [0.717, 1.165) is 18.9 Å². The SMILES string of the molecule is N#Cc1ccc(N2CCC(C(=O)N[C@@H]3CCS(=O)(=O)C3)CC2)nc1. The molecule has 128 valence electrons. The molecule has 24 heavy (non-hydrogen) atoms. The van der Waals surface area contributed by atoms with Gasteiger partial charge in [-0.15, -0.1) is 0 Å². The van der Waals surface area contributed by atoms with Crippen LogP contribution in [0.4, 0.5) is 5.82 Å². The van der Waals surface area contributed by atoms with Crippen molar-refractivity contribution in [1.82, 2.24) is 10.3 Å². The summed E-state index contributed by atoms with van der Waals surface area (Å²) >= 11 is 0. The average Bonchev–Trinajstić information content (AvgIpc) is 2.93. The predicted molar refractivity (Wildman–Crippen MR) is 89.1 cm³/mol. The van der Waals surface area contributed by atoms with Crippen molar-refractivity contribution in [2.45, 2.75) is 25.3 Å². The lowest BCUT2D eigenvalue weighted by molar-refractivity contribution is -0.126. The van der Waals surface area contributed by atoms with Crippen LogP contribution in [0.5, 0.6) is 0 Å². The number of rotatable bonds is 3. The zero-order chi connectivity index (χ0) is 17.2. The molecule has 0 aromatic carbocycles. The highest BCUT2D eigenvalue weighted by atomic mass is 32.2. The maximum Gasteiger partial charge on any atom is 0.223 e. The van der Waals surface area contributed by atoms with E-state index in [-0.39, 0.29) is 29.4 Å². The summed E-state index contributed by atoms with van der Waals surface area (Å²) in [7, 11) is -2.98. The fourth-order valence-electron chi connectivity index (χ4n) is 3.24. The van der Waals surface area contributed by atoms with E-state index in [2.05, 4.69) is 15.2 Å². The van der Waals surface area contributed by atoms with Gasteiger partial charge in [0.25, 0.3) is 0 Å². The lowest BCUT2D eigenvalue weighted by atomic mass is 9.95. The first kappa shape index (κ1) is 16.7. The third-order valence-corrected chi connectivity index (χ3v) is 6.41. The molecule has 1 amide bonds. The molecule has 0 saturated carbocycles. The van der Waals surface area contributed by atoms with Crippen molar-refractivity contribution in [3.05, 3.63) is 23.9 Å². The molecule has 1 aromatic heterocycles. The summed E-state index contributed by atoms with van der Waals surface area (Å²) in [4.78, 5) is 18.7. The molecule has 2 aliphatic rings. The topological polar surface area (TPSA) is 103 Å². The maximum absolute atomic E-state index is 12.3. The summed E-state index contributed by atoms with van der Waals surface area (Å²) in [6.45, 7) is 1.44. The van der Waals surface area contributed by atoms with Gasteiger partial charge in [0.1, 0.15) is 11.9 Å². The second kappa shape index (κ2) is 6.77. The summed E-state index contributed by atoms with van der Waals surface area (Å²) < 4.78 is 22.9. The molecule has 3 rings (SSSR count). The third-order valence-electron chi connectivity index (χ3n) is 4.65. The molecule has 7 nitrogen and oxygen atoms in total. The molecule has 2 saturated heterocycles.